The largest absolute Gasteiger partial charge is 0.493 e. The van der Waals surface area contributed by atoms with Crippen LogP contribution in [0.2, 0.25) is 5.02 Å². The summed E-state index contributed by atoms with van der Waals surface area (Å²) in [7, 11) is 5.01. The lowest BCUT2D eigenvalue weighted by Crippen LogP contribution is -2.45. The Kier molecular flexibility index (Phi) is 8.15. The predicted octanol–water partition coefficient (Wildman–Crippen LogP) is 2.84. The Labute approximate surface area is 149 Å². The molecule has 1 rings (SSSR count). The van der Waals surface area contributed by atoms with Gasteiger partial charge in [-0.15, -0.1) is 0 Å². The van der Waals surface area contributed by atoms with E-state index >= 15 is 0 Å². The number of benzene rings is 1. The summed E-state index contributed by atoms with van der Waals surface area (Å²) in [5.74, 6) is 1.86. The molecule has 0 bridgehead atoms. The molecular weight excluding hydrogens is 330 g/mol. The molecule has 0 saturated heterocycles. The van der Waals surface area contributed by atoms with Crippen molar-refractivity contribution in [2.24, 2.45) is 4.99 Å². The van der Waals surface area contributed by atoms with Gasteiger partial charge in [-0.1, -0.05) is 11.6 Å². The van der Waals surface area contributed by atoms with Crippen LogP contribution in [0.25, 0.3) is 0 Å². The smallest absolute Gasteiger partial charge is 0.191 e. The molecule has 0 aliphatic heterocycles. The number of hydrogen-bond acceptors (Lipinski definition) is 4. The first-order valence-electron chi connectivity index (χ1n) is 7.85. The van der Waals surface area contributed by atoms with Gasteiger partial charge in [-0.05, 0) is 38.5 Å². The fourth-order valence-corrected chi connectivity index (χ4v) is 2.22. The fourth-order valence-electron chi connectivity index (χ4n) is 1.93. The van der Waals surface area contributed by atoms with E-state index in [1.54, 1.807) is 21.3 Å². The highest BCUT2D eigenvalue weighted by atomic mass is 35.5. The number of halogens is 1. The molecule has 24 heavy (non-hydrogen) atoms. The van der Waals surface area contributed by atoms with Gasteiger partial charge in [0.05, 0.1) is 24.3 Å². The standard InChI is InChI=1S/C17H28ClN3O3/c1-7-24-15-13(18)8-12(9-14(15)22-5)10-20-16(19-4)21-11-17(2,3)23-6/h8-9H,7,10-11H2,1-6H3,(H2,19,20,21). The maximum Gasteiger partial charge on any atom is 0.191 e. The minimum absolute atomic E-state index is 0.275. The Morgan fingerprint density at radius 1 is 1.25 bits per heavy atom. The van der Waals surface area contributed by atoms with Gasteiger partial charge in [0, 0.05) is 27.2 Å². The minimum Gasteiger partial charge on any atom is -0.493 e. The minimum atomic E-state index is -0.275. The van der Waals surface area contributed by atoms with Gasteiger partial charge in [0.1, 0.15) is 0 Å². The molecule has 7 heteroatoms. The van der Waals surface area contributed by atoms with E-state index in [1.807, 2.05) is 32.9 Å². The Morgan fingerprint density at radius 3 is 2.50 bits per heavy atom. The number of nitrogens with one attached hydrogen (secondary N) is 2. The van der Waals surface area contributed by atoms with Crippen LogP contribution in [0.1, 0.15) is 26.3 Å². The molecule has 0 aromatic heterocycles. The molecule has 0 heterocycles. The van der Waals surface area contributed by atoms with Crippen LogP contribution in [0.3, 0.4) is 0 Å². The molecule has 2 N–H and O–H groups in total. The van der Waals surface area contributed by atoms with Crippen molar-refractivity contribution in [1.82, 2.24) is 10.6 Å². The van der Waals surface area contributed by atoms with Crippen molar-refractivity contribution in [2.75, 3.05) is 34.4 Å². The van der Waals surface area contributed by atoms with Crippen LogP contribution in [0.15, 0.2) is 17.1 Å². The summed E-state index contributed by atoms with van der Waals surface area (Å²) in [6, 6.07) is 3.75. The summed E-state index contributed by atoms with van der Waals surface area (Å²) in [4.78, 5) is 4.20. The topological polar surface area (TPSA) is 64.1 Å². The summed E-state index contributed by atoms with van der Waals surface area (Å²) in [6.07, 6.45) is 0. The SMILES string of the molecule is CCOc1c(Cl)cc(CNC(=NC)NCC(C)(C)OC)cc1OC. The maximum absolute atomic E-state index is 6.29. The molecule has 136 valence electrons. The van der Waals surface area contributed by atoms with Crippen molar-refractivity contribution < 1.29 is 14.2 Å². The molecule has 0 aliphatic carbocycles. The highest BCUT2D eigenvalue weighted by Crippen LogP contribution is 2.36. The van der Waals surface area contributed by atoms with Gasteiger partial charge in [-0.25, -0.2) is 0 Å². The number of methoxy groups -OCH3 is 2. The van der Waals surface area contributed by atoms with E-state index in [1.165, 1.54) is 0 Å². The van der Waals surface area contributed by atoms with Crippen LogP contribution < -0.4 is 20.1 Å². The first-order valence-corrected chi connectivity index (χ1v) is 8.23. The molecule has 1 aromatic carbocycles. The number of guanidine groups is 1. The van der Waals surface area contributed by atoms with E-state index in [4.69, 9.17) is 25.8 Å². The normalized spacial score (nSPS) is 12.0. The molecule has 0 atom stereocenters. The van der Waals surface area contributed by atoms with Crippen molar-refractivity contribution in [3.05, 3.63) is 22.7 Å². The predicted molar refractivity (Wildman–Crippen MR) is 98.5 cm³/mol. The number of ether oxygens (including phenoxy) is 3. The van der Waals surface area contributed by atoms with Gasteiger partial charge in [0.15, 0.2) is 17.5 Å². The van der Waals surface area contributed by atoms with Crippen molar-refractivity contribution >= 4 is 17.6 Å². The lowest BCUT2D eigenvalue weighted by molar-refractivity contribution is 0.0268. The third-order valence-electron chi connectivity index (χ3n) is 3.50. The van der Waals surface area contributed by atoms with E-state index in [-0.39, 0.29) is 5.60 Å². The molecule has 1 aromatic rings. The molecule has 0 fully saturated rings. The third kappa shape index (κ3) is 6.09. The quantitative estimate of drug-likeness (QED) is 0.553. The van der Waals surface area contributed by atoms with E-state index < -0.39 is 0 Å². The number of rotatable bonds is 8. The average Bonchev–Trinajstić information content (AvgIpc) is 2.57. The summed E-state index contributed by atoms with van der Waals surface area (Å²) < 4.78 is 16.3. The van der Waals surface area contributed by atoms with Gasteiger partial charge < -0.3 is 24.8 Å². The van der Waals surface area contributed by atoms with Crippen LogP contribution >= 0.6 is 11.6 Å². The molecule has 0 aliphatic rings. The maximum atomic E-state index is 6.29. The first-order chi connectivity index (χ1) is 11.4. The Bertz CT molecular complexity index is 562. The van der Waals surface area contributed by atoms with Gasteiger partial charge in [-0.3, -0.25) is 4.99 Å². The van der Waals surface area contributed by atoms with E-state index in [0.29, 0.717) is 42.2 Å². The monoisotopic (exact) mass is 357 g/mol. The zero-order valence-corrected chi connectivity index (χ0v) is 16.1. The summed E-state index contributed by atoms with van der Waals surface area (Å²) >= 11 is 6.29. The molecule has 0 amide bonds. The summed E-state index contributed by atoms with van der Waals surface area (Å²) in [5.41, 5.74) is 0.692. The summed E-state index contributed by atoms with van der Waals surface area (Å²) in [6.45, 7) is 7.63. The molecule has 0 radical (unpaired) electrons. The van der Waals surface area contributed by atoms with Gasteiger partial charge in [0.2, 0.25) is 0 Å². The average molecular weight is 358 g/mol. The van der Waals surface area contributed by atoms with Crippen LogP contribution in [-0.4, -0.2) is 46.0 Å². The van der Waals surface area contributed by atoms with Crippen LogP contribution in [-0.2, 0) is 11.3 Å². The second-order valence-corrected chi connectivity index (χ2v) is 6.19. The zero-order chi connectivity index (χ0) is 18.2. The highest BCUT2D eigenvalue weighted by Gasteiger charge is 2.17. The number of hydrogen-bond donors (Lipinski definition) is 2. The van der Waals surface area contributed by atoms with Crippen molar-refractivity contribution in [3.8, 4) is 11.5 Å². The molecular formula is C17H28ClN3O3. The molecule has 0 spiro atoms. The Morgan fingerprint density at radius 2 is 1.96 bits per heavy atom. The number of aliphatic imine (C=N–C) groups is 1. The van der Waals surface area contributed by atoms with Crippen molar-refractivity contribution in [2.45, 2.75) is 32.9 Å². The second kappa shape index (κ2) is 9.59. The molecule has 0 saturated carbocycles. The first kappa shape index (κ1) is 20.4. The van der Waals surface area contributed by atoms with Crippen LogP contribution in [0, 0.1) is 0 Å². The van der Waals surface area contributed by atoms with Gasteiger partial charge in [-0.2, -0.15) is 0 Å². The molecule has 0 unspecified atom stereocenters. The Balaban J connectivity index is 2.73. The van der Waals surface area contributed by atoms with Gasteiger partial charge >= 0.3 is 0 Å². The lowest BCUT2D eigenvalue weighted by atomic mass is 10.1. The van der Waals surface area contributed by atoms with E-state index in [2.05, 4.69) is 15.6 Å². The third-order valence-corrected chi connectivity index (χ3v) is 3.78. The van der Waals surface area contributed by atoms with Crippen LogP contribution in [0.5, 0.6) is 11.5 Å². The fraction of sp³-hybridized carbons (Fsp3) is 0.588. The van der Waals surface area contributed by atoms with E-state index in [0.717, 1.165) is 5.56 Å². The highest BCUT2D eigenvalue weighted by molar-refractivity contribution is 6.32. The summed E-state index contributed by atoms with van der Waals surface area (Å²) in [5, 5.41) is 7.00. The lowest BCUT2D eigenvalue weighted by Gasteiger charge is -2.24. The van der Waals surface area contributed by atoms with Crippen molar-refractivity contribution in [3.63, 3.8) is 0 Å². The Hall–Kier alpha value is -1.66. The second-order valence-electron chi connectivity index (χ2n) is 5.79. The van der Waals surface area contributed by atoms with Gasteiger partial charge in [0.25, 0.3) is 0 Å². The molecule has 6 nitrogen and oxygen atoms in total. The van der Waals surface area contributed by atoms with E-state index in [9.17, 15) is 0 Å². The van der Waals surface area contributed by atoms with Crippen molar-refractivity contribution in [1.29, 1.82) is 0 Å². The number of nitrogens with zero attached hydrogens (tertiary/aromatic N) is 1. The zero-order valence-electron chi connectivity index (χ0n) is 15.3. The van der Waals surface area contributed by atoms with Crippen LogP contribution in [0.4, 0.5) is 0 Å².